The standard InChI is InChI=1S/C20H18ClN5O4/c1-11(2)29-20-15(21)9-12(10-23-20)19-24-17(25-30-19)13-3-6-22-18-14(13)4-7-26(18)8-5-16(27)28/h3-4,6-7,9-11H,5,8H2,1-2H3,(H,27,28). The molecule has 0 amide bonds. The van der Waals surface area contributed by atoms with E-state index in [2.05, 4.69) is 20.1 Å². The molecule has 4 rings (SSSR count). The molecule has 1 N–H and O–H groups in total. The maximum Gasteiger partial charge on any atom is 0.305 e. The van der Waals surface area contributed by atoms with Gasteiger partial charge in [0.25, 0.3) is 5.89 Å². The van der Waals surface area contributed by atoms with E-state index in [-0.39, 0.29) is 18.4 Å². The highest BCUT2D eigenvalue weighted by atomic mass is 35.5. The Morgan fingerprint density at radius 2 is 2.17 bits per heavy atom. The lowest BCUT2D eigenvalue weighted by molar-refractivity contribution is -0.137. The third kappa shape index (κ3) is 3.97. The fourth-order valence-electron chi connectivity index (χ4n) is 2.98. The highest BCUT2D eigenvalue weighted by molar-refractivity contribution is 6.32. The Labute approximate surface area is 176 Å². The number of aromatic nitrogens is 5. The number of ether oxygens (including phenoxy) is 1. The second-order valence-electron chi connectivity index (χ2n) is 6.85. The molecule has 9 nitrogen and oxygen atoms in total. The summed E-state index contributed by atoms with van der Waals surface area (Å²) in [6.07, 6.45) is 4.94. The number of aliphatic carboxylic acids is 1. The molecule has 0 fully saturated rings. The van der Waals surface area contributed by atoms with Gasteiger partial charge in [0.15, 0.2) is 0 Å². The molecule has 10 heteroatoms. The third-order valence-electron chi connectivity index (χ3n) is 4.30. The topological polar surface area (TPSA) is 116 Å². The van der Waals surface area contributed by atoms with Crippen molar-refractivity contribution >= 4 is 28.6 Å². The van der Waals surface area contributed by atoms with Crippen LogP contribution in [0.1, 0.15) is 20.3 Å². The molecule has 4 aromatic rings. The van der Waals surface area contributed by atoms with Gasteiger partial charge in [0.05, 0.1) is 18.1 Å². The summed E-state index contributed by atoms with van der Waals surface area (Å²) in [6.45, 7) is 4.10. The van der Waals surface area contributed by atoms with Crippen molar-refractivity contribution in [1.82, 2.24) is 24.7 Å². The van der Waals surface area contributed by atoms with Crippen molar-refractivity contribution < 1.29 is 19.2 Å². The highest BCUT2D eigenvalue weighted by Crippen LogP contribution is 2.31. The quantitative estimate of drug-likeness (QED) is 0.469. The first kappa shape index (κ1) is 19.8. The van der Waals surface area contributed by atoms with Gasteiger partial charge in [-0.3, -0.25) is 4.79 Å². The van der Waals surface area contributed by atoms with E-state index in [9.17, 15) is 4.79 Å². The van der Waals surface area contributed by atoms with E-state index < -0.39 is 5.97 Å². The summed E-state index contributed by atoms with van der Waals surface area (Å²) in [4.78, 5) is 23.9. The van der Waals surface area contributed by atoms with Crippen LogP contribution in [0.3, 0.4) is 0 Å². The number of pyridine rings is 2. The fraction of sp³-hybridized carbons (Fsp3) is 0.250. The monoisotopic (exact) mass is 427 g/mol. The summed E-state index contributed by atoms with van der Waals surface area (Å²) in [7, 11) is 0. The largest absolute Gasteiger partial charge is 0.481 e. The number of halogens is 1. The average molecular weight is 428 g/mol. The van der Waals surface area contributed by atoms with Crippen molar-refractivity contribution in [3.8, 4) is 28.7 Å². The Hall–Kier alpha value is -3.46. The number of fused-ring (bicyclic) bond motifs is 1. The van der Waals surface area contributed by atoms with Gasteiger partial charge < -0.3 is 18.9 Å². The second kappa shape index (κ2) is 8.11. The summed E-state index contributed by atoms with van der Waals surface area (Å²) < 4.78 is 12.7. The van der Waals surface area contributed by atoms with Crippen LogP contribution in [0, 0.1) is 0 Å². The van der Waals surface area contributed by atoms with Crippen LogP contribution in [0.2, 0.25) is 5.02 Å². The molecule has 30 heavy (non-hydrogen) atoms. The van der Waals surface area contributed by atoms with Crippen molar-refractivity contribution in [2.45, 2.75) is 32.9 Å². The zero-order valence-corrected chi connectivity index (χ0v) is 17.0. The lowest BCUT2D eigenvalue weighted by Crippen LogP contribution is -2.07. The van der Waals surface area contributed by atoms with Gasteiger partial charge in [0.1, 0.15) is 10.7 Å². The van der Waals surface area contributed by atoms with E-state index >= 15 is 0 Å². The number of aryl methyl sites for hydroxylation is 1. The molecule has 0 saturated heterocycles. The predicted octanol–water partition coefficient (Wildman–Crippen LogP) is 4.06. The third-order valence-corrected chi connectivity index (χ3v) is 4.57. The van der Waals surface area contributed by atoms with Crippen molar-refractivity contribution in [3.63, 3.8) is 0 Å². The molecule has 4 heterocycles. The van der Waals surface area contributed by atoms with Crippen LogP contribution >= 0.6 is 11.6 Å². The smallest absolute Gasteiger partial charge is 0.305 e. The van der Waals surface area contributed by atoms with E-state index in [4.69, 9.17) is 26.0 Å². The van der Waals surface area contributed by atoms with Crippen LogP contribution < -0.4 is 4.74 Å². The predicted molar refractivity (Wildman–Crippen MR) is 109 cm³/mol. The zero-order chi connectivity index (χ0) is 21.3. The van der Waals surface area contributed by atoms with Crippen LogP contribution in [0.15, 0.2) is 41.3 Å². The molecular formula is C20H18ClN5O4. The first-order valence-corrected chi connectivity index (χ1v) is 9.62. The van der Waals surface area contributed by atoms with Gasteiger partial charge in [-0.1, -0.05) is 16.8 Å². The fourth-order valence-corrected chi connectivity index (χ4v) is 3.20. The molecule has 0 aliphatic heterocycles. The SMILES string of the molecule is CC(C)Oc1ncc(-c2nc(-c3ccnc4c3ccn4CCC(=O)O)no2)cc1Cl. The maximum absolute atomic E-state index is 10.9. The molecule has 0 spiro atoms. The number of nitrogens with zero attached hydrogens (tertiary/aromatic N) is 5. The Balaban J connectivity index is 1.65. The van der Waals surface area contributed by atoms with Crippen LogP contribution in [-0.4, -0.2) is 41.9 Å². The molecule has 0 aliphatic carbocycles. The number of carboxylic acid groups (broad SMARTS) is 1. The van der Waals surface area contributed by atoms with E-state index in [1.807, 2.05) is 19.9 Å². The van der Waals surface area contributed by atoms with Crippen molar-refractivity contribution in [2.75, 3.05) is 0 Å². The minimum atomic E-state index is -0.868. The first-order valence-electron chi connectivity index (χ1n) is 9.24. The molecular weight excluding hydrogens is 410 g/mol. The summed E-state index contributed by atoms with van der Waals surface area (Å²) in [5.74, 6) is 0.124. The Kier molecular flexibility index (Phi) is 5.37. The number of rotatable bonds is 7. The maximum atomic E-state index is 10.9. The van der Waals surface area contributed by atoms with Gasteiger partial charge in [-0.25, -0.2) is 9.97 Å². The van der Waals surface area contributed by atoms with E-state index in [1.165, 1.54) is 0 Å². The zero-order valence-electron chi connectivity index (χ0n) is 16.2. The molecule has 0 saturated carbocycles. The normalized spacial score (nSPS) is 11.3. The molecule has 0 aliphatic rings. The van der Waals surface area contributed by atoms with Crippen LogP contribution in [0.5, 0.6) is 5.88 Å². The van der Waals surface area contributed by atoms with Gasteiger partial charge in [-0.05, 0) is 32.0 Å². The Bertz CT molecular complexity index is 1220. The molecule has 0 aromatic carbocycles. The van der Waals surface area contributed by atoms with Gasteiger partial charge in [-0.15, -0.1) is 0 Å². The van der Waals surface area contributed by atoms with Crippen LogP contribution in [0.25, 0.3) is 33.9 Å². The van der Waals surface area contributed by atoms with Gasteiger partial charge in [0.2, 0.25) is 11.7 Å². The number of hydrogen-bond acceptors (Lipinski definition) is 7. The van der Waals surface area contributed by atoms with E-state index in [1.54, 1.807) is 35.3 Å². The van der Waals surface area contributed by atoms with Gasteiger partial charge in [0, 0.05) is 36.1 Å². The summed E-state index contributed by atoms with van der Waals surface area (Å²) >= 11 is 6.25. The van der Waals surface area contributed by atoms with E-state index in [0.29, 0.717) is 34.5 Å². The van der Waals surface area contributed by atoms with Crippen LogP contribution in [-0.2, 0) is 11.3 Å². The molecule has 0 unspecified atom stereocenters. The minimum Gasteiger partial charge on any atom is -0.481 e. The molecule has 0 atom stereocenters. The van der Waals surface area contributed by atoms with Crippen molar-refractivity contribution in [2.24, 2.45) is 0 Å². The first-order chi connectivity index (χ1) is 14.4. The Morgan fingerprint density at radius 1 is 1.33 bits per heavy atom. The highest BCUT2D eigenvalue weighted by Gasteiger charge is 2.17. The molecule has 4 aromatic heterocycles. The minimum absolute atomic E-state index is 0.00627. The lowest BCUT2D eigenvalue weighted by atomic mass is 10.2. The second-order valence-corrected chi connectivity index (χ2v) is 7.26. The van der Waals surface area contributed by atoms with Crippen LogP contribution in [0.4, 0.5) is 0 Å². The number of carbonyl (C=O) groups is 1. The number of carboxylic acids is 1. The van der Waals surface area contributed by atoms with Crippen molar-refractivity contribution in [3.05, 3.63) is 41.8 Å². The molecule has 0 bridgehead atoms. The molecule has 154 valence electrons. The van der Waals surface area contributed by atoms with Crippen molar-refractivity contribution in [1.29, 1.82) is 0 Å². The average Bonchev–Trinajstić information content (AvgIpc) is 3.34. The van der Waals surface area contributed by atoms with Gasteiger partial charge in [-0.2, -0.15) is 4.98 Å². The molecule has 0 radical (unpaired) electrons. The summed E-state index contributed by atoms with van der Waals surface area (Å²) in [5.41, 5.74) is 1.95. The van der Waals surface area contributed by atoms with Gasteiger partial charge >= 0.3 is 5.97 Å². The number of hydrogen-bond donors (Lipinski definition) is 1. The summed E-state index contributed by atoms with van der Waals surface area (Å²) in [6, 6.07) is 5.30. The summed E-state index contributed by atoms with van der Waals surface area (Å²) in [5, 5.41) is 14.1. The lowest BCUT2D eigenvalue weighted by Gasteiger charge is -2.09. The Morgan fingerprint density at radius 3 is 2.90 bits per heavy atom. The van der Waals surface area contributed by atoms with E-state index in [0.717, 1.165) is 10.9 Å².